The van der Waals surface area contributed by atoms with Crippen molar-refractivity contribution >= 4 is 16.6 Å². The summed E-state index contributed by atoms with van der Waals surface area (Å²) in [5.41, 5.74) is 0.808. The van der Waals surface area contributed by atoms with Crippen molar-refractivity contribution in [2.45, 2.75) is 0 Å². The molecule has 104 valence electrons. The second-order valence-electron chi connectivity index (χ2n) is 4.53. The Hall–Kier alpha value is -3.15. The number of aromatic hydroxyl groups is 1. The molecule has 0 aliphatic rings. The van der Waals surface area contributed by atoms with E-state index in [-0.39, 0.29) is 11.4 Å². The normalized spacial score (nSPS) is 10.7. The molecule has 0 aliphatic heterocycles. The van der Waals surface area contributed by atoms with E-state index in [9.17, 15) is 20.0 Å². The molecule has 0 spiro atoms. The number of nitro benzene ring substituents is 1. The lowest BCUT2D eigenvalue weighted by molar-refractivity contribution is -0.384. The maximum absolute atomic E-state index is 12.1. The lowest BCUT2D eigenvalue weighted by Crippen LogP contribution is -2.04. The van der Waals surface area contributed by atoms with Crippen molar-refractivity contribution in [3.8, 4) is 17.0 Å². The van der Waals surface area contributed by atoms with Crippen molar-refractivity contribution in [1.29, 1.82) is 0 Å². The molecule has 0 amide bonds. The molecule has 2 aromatic carbocycles. The molecule has 2 N–H and O–H groups in total. The van der Waals surface area contributed by atoms with Gasteiger partial charge in [0, 0.05) is 28.6 Å². The topological polar surface area (TPSA) is 96.2 Å². The van der Waals surface area contributed by atoms with Gasteiger partial charge in [-0.05, 0) is 24.3 Å². The number of rotatable bonds is 2. The van der Waals surface area contributed by atoms with E-state index in [2.05, 4.69) is 4.98 Å². The summed E-state index contributed by atoms with van der Waals surface area (Å²) in [5.74, 6) is -0.400. The van der Waals surface area contributed by atoms with Crippen LogP contribution in [0.4, 0.5) is 5.69 Å². The summed E-state index contributed by atoms with van der Waals surface area (Å²) < 4.78 is 0. The van der Waals surface area contributed by atoms with E-state index in [1.807, 2.05) is 0 Å². The molecule has 3 rings (SSSR count). The van der Waals surface area contributed by atoms with Gasteiger partial charge in [0.15, 0.2) is 5.75 Å². The number of nitrogens with zero attached hydrogens (tertiary/aromatic N) is 1. The number of aromatic nitrogens is 1. The first kappa shape index (κ1) is 12.9. The summed E-state index contributed by atoms with van der Waals surface area (Å²) in [6, 6.07) is 12.4. The van der Waals surface area contributed by atoms with E-state index in [0.29, 0.717) is 16.5 Å². The summed E-state index contributed by atoms with van der Waals surface area (Å²) in [4.78, 5) is 25.2. The molecular formula is C15H10N2O4. The minimum atomic E-state index is -0.507. The molecule has 6 heteroatoms. The Morgan fingerprint density at radius 3 is 2.38 bits per heavy atom. The fraction of sp³-hybridized carbons (Fsp3) is 0. The predicted octanol–water partition coefficient (Wildman–Crippen LogP) is 2.81. The number of pyridine rings is 1. The van der Waals surface area contributed by atoms with E-state index < -0.39 is 16.1 Å². The minimum absolute atomic E-state index is 0.0543. The van der Waals surface area contributed by atoms with Gasteiger partial charge in [0.25, 0.3) is 5.69 Å². The maximum atomic E-state index is 12.1. The molecule has 6 nitrogen and oxygen atoms in total. The number of para-hydroxylation sites is 1. The number of H-pyrrole nitrogens is 1. The third-order valence-corrected chi connectivity index (χ3v) is 3.25. The molecule has 1 heterocycles. The van der Waals surface area contributed by atoms with E-state index in [1.54, 1.807) is 24.3 Å². The van der Waals surface area contributed by atoms with Crippen LogP contribution in [0.15, 0.2) is 53.3 Å². The highest BCUT2D eigenvalue weighted by molar-refractivity contribution is 5.84. The van der Waals surface area contributed by atoms with Gasteiger partial charge in [0.2, 0.25) is 5.43 Å². The van der Waals surface area contributed by atoms with Crippen LogP contribution < -0.4 is 5.43 Å². The highest BCUT2D eigenvalue weighted by Crippen LogP contribution is 2.27. The second kappa shape index (κ2) is 4.75. The number of benzene rings is 2. The van der Waals surface area contributed by atoms with Gasteiger partial charge >= 0.3 is 0 Å². The van der Waals surface area contributed by atoms with Gasteiger partial charge in [-0.15, -0.1) is 0 Å². The quantitative estimate of drug-likeness (QED) is 0.558. The van der Waals surface area contributed by atoms with Crippen LogP contribution in [-0.4, -0.2) is 15.0 Å². The van der Waals surface area contributed by atoms with Crippen LogP contribution in [0.25, 0.3) is 22.2 Å². The first-order chi connectivity index (χ1) is 10.1. The number of nitrogens with one attached hydrogen (secondary N) is 1. The van der Waals surface area contributed by atoms with Crippen LogP contribution in [0.3, 0.4) is 0 Å². The molecule has 0 bridgehead atoms. The average molecular weight is 282 g/mol. The fourth-order valence-corrected chi connectivity index (χ4v) is 2.18. The van der Waals surface area contributed by atoms with E-state index in [0.717, 1.165) is 0 Å². The van der Waals surface area contributed by atoms with E-state index in [4.69, 9.17) is 0 Å². The number of fused-ring (bicyclic) bond motifs is 1. The zero-order chi connectivity index (χ0) is 15.0. The predicted molar refractivity (Wildman–Crippen MR) is 78.3 cm³/mol. The molecule has 0 saturated carbocycles. The van der Waals surface area contributed by atoms with Gasteiger partial charge < -0.3 is 10.1 Å². The van der Waals surface area contributed by atoms with Gasteiger partial charge in [-0.25, -0.2) is 0 Å². The Labute approximate surface area is 118 Å². The minimum Gasteiger partial charge on any atom is -0.503 e. The highest BCUT2D eigenvalue weighted by atomic mass is 16.6. The summed E-state index contributed by atoms with van der Waals surface area (Å²) in [7, 11) is 0. The third-order valence-electron chi connectivity index (χ3n) is 3.25. The molecule has 1 aromatic heterocycles. The Balaban J connectivity index is 2.22. The van der Waals surface area contributed by atoms with E-state index in [1.165, 1.54) is 24.3 Å². The SMILES string of the molecule is O=c1c(O)c(-c2ccc([N+](=O)[O-])cc2)[nH]c2ccccc12. The van der Waals surface area contributed by atoms with Gasteiger partial charge in [-0.2, -0.15) is 0 Å². The number of aromatic amines is 1. The molecule has 0 radical (unpaired) electrons. The zero-order valence-electron chi connectivity index (χ0n) is 10.7. The van der Waals surface area contributed by atoms with Gasteiger partial charge in [-0.3, -0.25) is 14.9 Å². The van der Waals surface area contributed by atoms with Crippen molar-refractivity contribution < 1.29 is 10.0 Å². The summed E-state index contributed by atoms with van der Waals surface area (Å²) >= 11 is 0. The van der Waals surface area contributed by atoms with Crippen LogP contribution >= 0.6 is 0 Å². The van der Waals surface area contributed by atoms with Crippen molar-refractivity contribution in [3.63, 3.8) is 0 Å². The average Bonchev–Trinajstić information content (AvgIpc) is 2.51. The third kappa shape index (κ3) is 2.12. The van der Waals surface area contributed by atoms with Crippen molar-refractivity contribution in [1.82, 2.24) is 4.98 Å². The first-order valence-corrected chi connectivity index (χ1v) is 6.17. The zero-order valence-corrected chi connectivity index (χ0v) is 10.7. The van der Waals surface area contributed by atoms with Gasteiger partial charge in [0.1, 0.15) is 0 Å². The van der Waals surface area contributed by atoms with Gasteiger partial charge in [-0.1, -0.05) is 12.1 Å². The van der Waals surface area contributed by atoms with Crippen molar-refractivity contribution in [2.75, 3.05) is 0 Å². The summed E-state index contributed by atoms with van der Waals surface area (Å²) in [6.07, 6.45) is 0. The Morgan fingerprint density at radius 1 is 1.05 bits per heavy atom. The number of hydrogen-bond acceptors (Lipinski definition) is 4. The maximum Gasteiger partial charge on any atom is 0.269 e. The standard InChI is InChI=1S/C15H10N2O4/c18-14-11-3-1-2-4-12(11)16-13(15(14)19)9-5-7-10(8-6-9)17(20)21/h1-8,19H,(H,16,18). The number of non-ortho nitro benzene ring substituents is 1. The van der Waals surface area contributed by atoms with Crippen LogP contribution in [0, 0.1) is 10.1 Å². The smallest absolute Gasteiger partial charge is 0.269 e. The molecular weight excluding hydrogens is 272 g/mol. The molecule has 3 aromatic rings. The molecule has 0 aliphatic carbocycles. The van der Waals surface area contributed by atoms with Crippen LogP contribution in [-0.2, 0) is 0 Å². The second-order valence-corrected chi connectivity index (χ2v) is 4.53. The Morgan fingerprint density at radius 2 is 1.71 bits per heavy atom. The monoisotopic (exact) mass is 282 g/mol. The largest absolute Gasteiger partial charge is 0.503 e. The van der Waals surface area contributed by atoms with Crippen molar-refractivity contribution in [2.24, 2.45) is 0 Å². The number of nitro groups is 1. The summed E-state index contributed by atoms with van der Waals surface area (Å²) in [5, 5.41) is 21.1. The van der Waals surface area contributed by atoms with Crippen LogP contribution in [0.5, 0.6) is 5.75 Å². The molecule has 0 saturated heterocycles. The summed E-state index contributed by atoms with van der Waals surface area (Å²) in [6.45, 7) is 0. The molecule has 0 unspecified atom stereocenters. The fourth-order valence-electron chi connectivity index (χ4n) is 2.18. The van der Waals surface area contributed by atoms with E-state index >= 15 is 0 Å². The highest BCUT2D eigenvalue weighted by Gasteiger charge is 2.13. The van der Waals surface area contributed by atoms with Crippen molar-refractivity contribution in [3.05, 3.63) is 68.9 Å². The molecule has 0 atom stereocenters. The first-order valence-electron chi connectivity index (χ1n) is 6.17. The molecule has 21 heavy (non-hydrogen) atoms. The van der Waals surface area contributed by atoms with Gasteiger partial charge in [0.05, 0.1) is 10.6 Å². The number of hydrogen-bond donors (Lipinski definition) is 2. The Kier molecular flexibility index (Phi) is 2.91. The molecule has 0 fully saturated rings. The lowest BCUT2D eigenvalue weighted by atomic mass is 10.1. The van der Waals surface area contributed by atoms with Crippen LogP contribution in [0.2, 0.25) is 0 Å². The van der Waals surface area contributed by atoms with Crippen LogP contribution in [0.1, 0.15) is 0 Å². The Bertz CT molecular complexity index is 898. The lowest BCUT2D eigenvalue weighted by Gasteiger charge is -2.07.